The minimum Gasteiger partial charge on any atom is -0.422 e. The molecule has 98 valence electrons. The number of rotatable bonds is 1. The molecule has 1 aromatic carbocycles. The number of para-hydroxylation sites is 1. The van der Waals surface area contributed by atoms with Crippen molar-refractivity contribution >= 4 is 16.9 Å². The van der Waals surface area contributed by atoms with Gasteiger partial charge in [0.1, 0.15) is 11.1 Å². The zero-order chi connectivity index (χ0) is 13.2. The smallest absolute Gasteiger partial charge is 0.349 e. The van der Waals surface area contributed by atoms with Gasteiger partial charge in [-0.3, -0.25) is 4.79 Å². The van der Waals surface area contributed by atoms with Gasteiger partial charge in [-0.2, -0.15) is 0 Å². The molecule has 1 aliphatic heterocycles. The summed E-state index contributed by atoms with van der Waals surface area (Å²) in [5.41, 5.74) is 0.0483. The number of fused-ring (bicyclic) bond motifs is 1. The predicted octanol–water partition coefficient (Wildman–Crippen LogP) is 0.838. The summed E-state index contributed by atoms with van der Waals surface area (Å²) in [5.74, 6) is -0.249. The second-order valence-electron chi connectivity index (χ2n) is 4.53. The molecule has 0 spiro atoms. The molecule has 19 heavy (non-hydrogen) atoms. The van der Waals surface area contributed by atoms with E-state index >= 15 is 0 Å². The van der Waals surface area contributed by atoms with Crippen molar-refractivity contribution in [3.8, 4) is 0 Å². The molecule has 0 radical (unpaired) electrons. The zero-order valence-corrected chi connectivity index (χ0v) is 10.4. The minimum absolute atomic E-state index is 0.112. The Morgan fingerprint density at radius 1 is 1.21 bits per heavy atom. The summed E-state index contributed by atoms with van der Waals surface area (Å²) >= 11 is 0. The second-order valence-corrected chi connectivity index (χ2v) is 4.53. The van der Waals surface area contributed by atoms with E-state index in [1.807, 2.05) is 12.1 Å². The molecule has 1 aromatic heterocycles. The Balaban J connectivity index is 2.01. The van der Waals surface area contributed by atoms with Crippen LogP contribution in [0, 0.1) is 0 Å². The second kappa shape index (κ2) is 4.85. The van der Waals surface area contributed by atoms with Crippen LogP contribution < -0.4 is 10.9 Å². The largest absolute Gasteiger partial charge is 0.422 e. The van der Waals surface area contributed by atoms with Crippen molar-refractivity contribution in [1.29, 1.82) is 0 Å². The van der Waals surface area contributed by atoms with Gasteiger partial charge in [0.25, 0.3) is 5.91 Å². The lowest BCUT2D eigenvalue weighted by atomic mass is 10.1. The Morgan fingerprint density at radius 3 is 2.74 bits per heavy atom. The fraction of sp³-hybridized carbons (Fsp3) is 0.286. The fourth-order valence-electron chi connectivity index (χ4n) is 2.25. The van der Waals surface area contributed by atoms with Gasteiger partial charge in [-0.05, 0) is 12.1 Å². The molecule has 1 N–H and O–H groups in total. The fourth-order valence-corrected chi connectivity index (χ4v) is 2.25. The van der Waals surface area contributed by atoms with Crippen LogP contribution in [0.5, 0.6) is 0 Å². The molecule has 1 amide bonds. The predicted molar refractivity (Wildman–Crippen MR) is 71.3 cm³/mol. The van der Waals surface area contributed by atoms with Crippen molar-refractivity contribution < 1.29 is 9.21 Å². The van der Waals surface area contributed by atoms with Gasteiger partial charge in [-0.1, -0.05) is 18.2 Å². The van der Waals surface area contributed by atoms with Crippen LogP contribution in [0.15, 0.2) is 39.5 Å². The number of nitrogens with zero attached hydrogens (tertiary/aromatic N) is 1. The first-order valence-electron chi connectivity index (χ1n) is 6.28. The number of carbonyl (C=O) groups excluding carboxylic acids is 1. The first-order valence-corrected chi connectivity index (χ1v) is 6.28. The summed E-state index contributed by atoms with van der Waals surface area (Å²) in [7, 11) is 0. The van der Waals surface area contributed by atoms with Crippen molar-refractivity contribution in [1.82, 2.24) is 10.2 Å². The molecule has 0 atom stereocenters. The van der Waals surface area contributed by atoms with E-state index in [1.165, 1.54) is 0 Å². The van der Waals surface area contributed by atoms with E-state index in [0.717, 1.165) is 18.5 Å². The molecule has 5 nitrogen and oxygen atoms in total. The average Bonchev–Trinajstić information content (AvgIpc) is 2.47. The van der Waals surface area contributed by atoms with Gasteiger partial charge in [0.2, 0.25) is 0 Å². The standard InChI is InChI=1S/C14H14N2O3/c17-13(16-7-5-15-6-8-16)11-9-10-3-1-2-4-12(10)19-14(11)18/h1-4,9,15H,5-8H2. The Kier molecular flexibility index (Phi) is 3.05. The Morgan fingerprint density at radius 2 is 1.95 bits per heavy atom. The number of hydrogen-bond donors (Lipinski definition) is 1. The summed E-state index contributed by atoms with van der Waals surface area (Å²) < 4.78 is 5.19. The third-order valence-corrected chi connectivity index (χ3v) is 3.28. The monoisotopic (exact) mass is 258 g/mol. The SMILES string of the molecule is O=C(c1cc2ccccc2oc1=O)N1CCNCC1. The molecule has 3 rings (SSSR count). The average molecular weight is 258 g/mol. The van der Waals surface area contributed by atoms with Gasteiger partial charge in [0, 0.05) is 31.6 Å². The van der Waals surface area contributed by atoms with Gasteiger partial charge < -0.3 is 14.6 Å². The van der Waals surface area contributed by atoms with Crippen molar-refractivity contribution in [2.24, 2.45) is 0 Å². The Hall–Kier alpha value is -2.14. The van der Waals surface area contributed by atoms with E-state index in [2.05, 4.69) is 5.32 Å². The summed E-state index contributed by atoms with van der Waals surface area (Å²) in [4.78, 5) is 25.9. The van der Waals surface area contributed by atoms with E-state index in [4.69, 9.17) is 4.42 Å². The molecular weight excluding hydrogens is 244 g/mol. The lowest BCUT2D eigenvalue weighted by Gasteiger charge is -2.27. The highest BCUT2D eigenvalue weighted by Gasteiger charge is 2.21. The molecule has 1 fully saturated rings. The lowest BCUT2D eigenvalue weighted by Crippen LogP contribution is -2.47. The molecule has 0 unspecified atom stereocenters. The third-order valence-electron chi connectivity index (χ3n) is 3.28. The van der Waals surface area contributed by atoms with Gasteiger partial charge in [0.05, 0.1) is 0 Å². The molecule has 2 heterocycles. The molecule has 0 aliphatic carbocycles. The summed E-state index contributed by atoms with van der Waals surface area (Å²) in [5, 5.41) is 3.93. The van der Waals surface area contributed by atoms with Crippen LogP contribution in [-0.4, -0.2) is 37.0 Å². The minimum atomic E-state index is -0.567. The van der Waals surface area contributed by atoms with Crippen LogP contribution in [0.2, 0.25) is 0 Å². The van der Waals surface area contributed by atoms with Crippen molar-refractivity contribution in [2.75, 3.05) is 26.2 Å². The van der Waals surface area contributed by atoms with E-state index in [0.29, 0.717) is 18.7 Å². The molecule has 0 bridgehead atoms. The maximum absolute atomic E-state index is 12.3. The Bertz CT molecular complexity index is 672. The number of amides is 1. The highest BCUT2D eigenvalue weighted by molar-refractivity contribution is 5.96. The van der Waals surface area contributed by atoms with Gasteiger partial charge in [0.15, 0.2) is 0 Å². The number of benzene rings is 1. The van der Waals surface area contributed by atoms with Crippen molar-refractivity contribution in [3.05, 3.63) is 46.3 Å². The molecule has 0 saturated carbocycles. The highest BCUT2D eigenvalue weighted by atomic mass is 16.4. The quantitative estimate of drug-likeness (QED) is 0.770. The van der Waals surface area contributed by atoms with Gasteiger partial charge in [-0.15, -0.1) is 0 Å². The maximum Gasteiger partial charge on any atom is 0.349 e. The van der Waals surface area contributed by atoms with Crippen LogP contribution in [0.4, 0.5) is 0 Å². The van der Waals surface area contributed by atoms with Crippen LogP contribution >= 0.6 is 0 Å². The van der Waals surface area contributed by atoms with Crippen LogP contribution in [0.25, 0.3) is 11.0 Å². The zero-order valence-electron chi connectivity index (χ0n) is 10.4. The molecular formula is C14H14N2O3. The van der Waals surface area contributed by atoms with Gasteiger partial charge in [-0.25, -0.2) is 4.79 Å². The number of nitrogens with one attached hydrogen (secondary N) is 1. The first kappa shape index (κ1) is 11.9. The number of hydrogen-bond acceptors (Lipinski definition) is 4. The molecule has 2 aromatic rings. The topological polar surface area (TPSA) is 62.6 Å². The van der Waals surface area contributed by atoms with E-state index < -0.39 is 5.63 Å². The van der Waals surface area contributed by atoms with Crippen molar-refractivity contribution in [2.45, 2.75) is 0 Å². The summed E-state index contributed by atoms with van der Waals surface area (Å²) in [6.07, 6.45) is 0. The third kappa shape index (κ3) is 2.24. The maximum atomic E-state index is 12.3. The van der Waals surface area contributed by atoms with Crippen molar-refractivity contribution in [3.63, 3.8) is 0 Å². The van der Waals surface area contributed by atoms with Crippen LogP contribution in [0.1, 0.15) is 10.4 Å². The van der Waals surface area contributed by atoms with Crippen LogP contribution in [-0.2, 0) is 0 Å². The van der Waals surface area contributed by atoms with E-state index in [1.54, 1.807) is 23.1 Å². The Labute approximate surface area is 109 Å². The first-order chi connectivity index (χ1) is 9.25. The molecule has 5 heteroatoms. The lowest BCUT2D eigenvalue weighted by molar-refractivity contribution is 0.0731. The highest BCUT2D eigenvalue weighted by Crippen LogP contribution is 2.13. The summed E-state index contributed by atoms with van der Waals surface area (Å²) in [6, 6.07) is 8.80. The number of carbonyl (C=O) groups is 1. The summed E-state index contributed by atoms with van der Waals surface area (Å²) in [6.45, 7) is 2.74. The van der Waals surface area contributed by atoms with Crippen LogP contribution in [0.3, 0.4) is 0 Å². The number of piperazine rings is 1. The van der Waals surface area contributed by atoms with E-state index in [9.17, 15) is 9.59 Å². The normalized spacial score (nSPS) is 15.7. The van der Waals surface area contributed by atoms with Gasteiger partial charge >= 0.3 is 5.63 Å². The van der Waals surface area contributed by atoms with E-state index in [-0.39, 0.29) is 11.5 Å². The molecule has 1 saturated heterocycles. The molecule has 1 aliphatic rings.